The van der Waals surface area contributed by atoms with Gasteiger partial charge in [0.05, 0.1) is 12.1 Å². The van der Waals surface area contributed by atoms with Crippen LogP contribution < -0.4 is 11.2 Å². The summed E-state index contributed by atoms with van der Waals surface area (Å²) < 4.78 is 19.2. The monoisotopic (exact) mass is 274 g/mol. The summed E-state index contributed by atoms with van der Waals surface area (Å²) in [5.41, 5.74) is 8.78. The number of benzene rings is 1. The fourth-order valence-electron chi connectivity index (χ4n) is 1.74. The van der Waals surface area contributed by atoms with Gasteiger partial charge in [-0.05, 0) is 34.7 Å². The third kappa shape index (κ3) is 2.30. The van der Waals surface area contributed by atoms with Crippen LogP contribution in [0.25, 0.3) is 11.3 Å². The lowest BCUT2D eigenvalue weighted by atomic mass is 10.1. The van der Waals surface area contributed by atoms with Crippen LogP contribution in [-0.2, 0) is 6.54 Å². The summed E-state index contributed by atoms with van der Waals surface area (Å²) in [6.45, 7) is 0.323. The first-order chi connectivity index (χ1) is 9.74. The van der Waals surface area contributed by atoms with Crippen molar-refractivity contribution < 1.29 is 8.81 Å². The van der Waals surface area contributed by atoms with Gasteiger partial charge in [-0.1, -0.05) is 17.2 Å². The van der Waals surface area contributed by atoms with Gasteiger partial charge in [-0.15, -0.1) is 4.79 Å². The van der Waals surface area contributed by atoms with Gasteiger partial charge in [-0.2, -0.15) is 0 Å². The summed E-state index contributed by atoms with van der Waals surface area (Å²) >= 11 is 0. The smallest absolute Gasteiger partial charge is 0.260 e. The first kappa shape index (κ1) is 12.2. The number of nitrogen functional groups attached to an aromatic ring is 1. The van der Waals surface area contributed by atoms with E-state index >= 15 is 0 Å². The Balaban J connectivity index is 1.74. The average molecular weight is 274 g/mol. The maximum atomic E-state index is 13.6. The Labute approximate surface area is 113 Å². The minimum absolute atomic E-state index is 0.144. The molecule has 0 amide bonds. The second-order valence-corrected chi connectivity index (χ2v) is 4.03. The Morgan fingerprint density at radius 3 is 2.85 bits per heavy atom. The number of tetrazole rings is 1. The second kappa shape index (κ2) is 5.00. The molecule has 7 nitrogen and oxygen atoms in total. The van der Waals surface area contributed by atoms with E-state index in [1.54, 1.807) is 30.3 Å². The van der Waals surface area contributed by atoms with Crippen molar-refractivity contribution in [2.45, 2.75) is 6.54 Å². The lowest BCUT2D eigenvalue weighted by molar-refractivity contribution is 0.513. The molecule has 0 bridgehead atoms. The highest BCUT2D eigenvalue weighted by molar-refractivity contribution is 5.58. The van der Waals surface area contributed by atoms with Crippen molar-refractivity contribution in [2.75, 3.05) is 11.2 Å². The van der Waals surface area contributed by atoms with Crippen LogP contribution in [0.2, 0.25) is 0 Å². The van der Waals surface area contributed by atoms with Crippen LogP contribution >= 0.6 is 0 Å². The summed E-state index contributed by atoms with van der Waals surface area (Å²) in [5.74, 6) is 0.889. The summed E-state index contributed by atoms with van der Waals surface area (Å²) in [7, 11) is 0. The number of halogens is 1. The molecule has 0 aliphatic carbocycles. The molecule has 3 rings (SSSR count). The van der Waals surface area contributed by atoms with E-state index in [2.05, 4.69) is 21.0 Å². The van der Waals surface area contributed by atoms with Crippen molar-refractivity contribution >= 4 is 5.95 Å². The zero-order chi connectivity index (χ0) is 13.9. The van der Waals surface area contributed by atoms with Gasteiger partial charge in [0.2, 0.25) is 0 Å². The average Bonchev–Trinajstić information content (AvgIpc) is 3.06. The molecular weight excluding hydrogens is 263 g/mol. The number of aromatic nitrogens is 4. The Kier molecular flexibility index (Phi) is 3.04. The summed E-state index contributed by atoms with van der Waals surface area (Å²) in [4.78, 5) is 1.23. The molecule has 0 fully saturated rings. The van der Waals surface area contributed by atoms with Gasteiger partial charge >= 0.3 is 0 Å². The molecule has 0 unspecified atom stereocenters. The molecule has 0 spiro atoms. The molecule has 0 atom stereocenters. The van der Waals surface area contributed by atoms with Crippen molar-refractivity contribution in [2.24, 2.45) is 0 Å². The predicted molar refractivity (Wildman–Crippen MR) is 69.4 cm³/mol. The van der Waals surface area contributed by atoms with Gasteiger partial charge in [-0.25, -0.2) is 4.39 Å². The molecule has 0 saturated heterocycles. The maximum Gasteiger partial charge on any atom is 0.260 e. The van der Waals surface area contributed by atoms with Gasteiger partial charge in [0, 0.05) is 0 Å². The summed E-state index contributed by atoms with van der Waals surface area (Å²) in [5, 5.41) is 10.6. The molecule has 0 radical (unpaired) electrons. The van der Waals surface area contributed by atoms with Crippen LogP contribution in [0.5, 0.6) is 0 Å². The maximum absolute atomic E-state index is 13.6. The van der Waals surface area contributed by atoms with Gasteiger partial charge in [0.1, 0.15) is 17.3 Å². The highest BCUT2D eigenvalue weighted by Crippen LogP contribution is 2.24. The van der Waals surface area contributed by atoms with E-state index < -0.39 is 0 Å². The highest BCUT2D eigenvalue weighted by Gasteiger charge is 2.09. The topological polar surface area (TPSA) is 94.8 Å². The van der Waals surface area contributed by atoms with Crippen LogP contribution in [-0.4, -0.2) is 20.3 Å². The van der Waals surface area contributed by atoms with Crippen molar-refractivity contribution in [3.8, 4) is 11.3 Å². The first-order valence-electron chi connectivity index (χ1n) is 5.85. The van der Waals surface area contributed by atoms with Crippen LogP contribution in [0.3, 0.4) is 0 Å². The van der Waals surface area contributed by atoms with Gasteiger partial charge in [-0.3, -0.25) is 5.43 Å². The quantitative estimate of drug-likeness (QED) is 0.746. The lowest BCUT2D eigenvalue weighted by Crippen LogP contribution is -2.18. The van der Waals surface area contributed by atoms with E-state index in [0.29, 0.717) is 23.6 Å². The fraction of sp³-hybridized carbons (Fsp3) is 0.0833. The number of furan rings is 1. The molecule has 20 heavy (non-hydrogen) atoms. The van der Waals surface area contributed by atoms with Gasteiger partial charge < -0.3 is 10.2 Å². The van der Waals surface area contributed by atoms with Crippen LogP contribution in [0.1, 0.15) is 5.76 Å². The van der Waals surface area contributed by atoms with Gasteiger partial charge in [0.25, 0.3) is 5.95 Å². The molecular formula is C12H11FN6O. The number of nitrogens with zero attached hydrogens (tertiary/aromatic N) is 4. The normalized spacial score (nSPS) is 10.7. The number of rotatable bonds is 4. The van der Waals surface area contributed by atoms with E-state index in [1.807, 2.05) is 0 Å². The van der Waals surface area contributed by atoms with Crippen molar-refractivity contribution in [3.63, 3.8) is 0 Å². The Hall–Kier alpha value is -2.90. The fourth-order valence-corrected chi connectivity index (χ4v) is 1.74. The van der Waals surface area contributed by atoms with E-state index in [9.17, 15) is 4.39 Å². The molecule has 2 aromatic heterocycles. The molecule has 0 saturated carbocycles. The number of hydrogen-bond donors (Lipinski definition) is 2. The molecule has 102 valence electrons. The Morgan fingerprint density at radius 2 is 2.10 bits per heavy atom. The molecule has 3 N–H and O–H groups in total. The third-order valence-corrected chi connectivity index (χ3v) is 2.70. The van der Waals surface area contributed by atoms with Crippen molar-refractivity contribution in [3.05, 3.63) is 48.0 Å². The van der Waals surface area contributed by atoms with Crippen LogP contribution in [0, 0.1) is 5.82 Å². The van der Waals surface area contributed by atoms with Gasteiger partial charge in [0.15, 0.2) is 0 Å². The van der Waals surface area contributed by atoms with Crippen LogP contribution in [0.15, 0.2) is 40.8 Å². The Morgan fingerprint density at radius 1 is 1.25 bits per heavy atom. The predicted octanol–water partition coefficient (Wildman–Crippen LogP) is 1.40. The zero-order valence-corrected chi connectivity index (χ0v) is 10.3. The summed E-state index contributed by atoms with van der Waals surface area (Å²) in [6.07, 6.45) is 0. The van der Waals surface area contributed by atoms with E-state index in [-0.39, 0.29) is 11.8 Å². The first-order valence-corrected chi connectivity index (χ1v) is 5.85. The lowest BCUT2D eigenvalue weighted by Gasteiger charge is -2.03. The minimum atomic E-state index is -0.328. The van der Waals surface area contributed by atoms with Crippen LogP contribution in [0.4, 0.5) is 10.3 Å². The molecule has 8 heteroatoms. The number of nitrogens with two attached hydrogens (primary N) is 1. The highest BCUT2D eigenvalue weighted by atomic mass is 19.1. The zero-order valence-electron chi connectivity index (χ0n) is 10.3. The van der Waals surface area contributed by atoms with E-state index in [0.717, 1.165) is 0 Å². The molecule has 2 heterocycles. The van der Waals surface area contributed by atoms with E-state index in [4.69, 9.17) is 10.2 Å². The van der Waals surface area contributed by atoms with Crippen molar-refractivity contribution in [1.82, 2.24) is 20.3 Å². The molecule has 3 aromatic rings. The Bertz CT molecular complexity index is 722. The minimum Gasteiger partial charge on any atom is -0.459 e. The van der Waals surface area contributed by atoms with Crippen molar-refractivity contribution in [1.29, 1.82) is 0 Å². The molecule has 0 aliphatic rings. The number of anilines is 1. The largest absolute Gasteiger partial charge is 0.459 e. The standard InChI is InChI=1S/C12H11FN6O/c13-10-4-2-1-3-9(10)11-6-5-8(20-11)7-15-19-12(14)16-17-18-19/h1-6,15H,7H2,(H2,14,16,18). The summed E-state index contributed by atoms with van der Waals surface area (Å²) in [6, 6.07) is 9.88. The molecule has 0 aliphatic heterocycles. The van der Waals surface area contributed by atoms with E-state index in [1.165, 1.54) is 10.9 Å². The third-order valence-electron chi connectivity index (χ3n) is 2.70. The second-order valence-electron chi connectivity index (χ2n) is 4.03. The number of hydrogen-bond acceptors (Lipinski definition) is 6. The molecule has 1 aromatic carbocycles. The SMILES string of the molecule is Nc1nnnn1NCc1ccc(-c2ccccc2F)o1. The number of nitrogens with one attached hydrogen (secondary N) is 1.